The molecule has 2 amide bonds. The van der Waals surface area contributed by atoms with Gasteiger partial charge in [-0.3, -0.25) is 9.59 Å². The number of hydrogen-bond acceptors (Lipinski definition) is 3. The Bertz CT molecular complexity index is 935. The van der Waals surface area contributed by atoms with Crippen LogP contribution >= 0.6 is 0 Å². The van der Waals surface area contributed by atoms with Crippen LogP contribution in [0.3, 0.4) is 0 Å². The summed E-state index contributed by atoms with van der Waals surface area (Å²) in [6, 6.07) is 22.1. The van der Waals surface area contributed by atoms with E-state index in [0.717, 1.165) is 16.3 Å². The summed E-state index contributed by atoms with van der Waals surface area (Å²) in [4.78, 5) is 24.7. The summed E-state index contributed by atoms with van der Waals surface area (Å²) in [5.74, 6) is -0.980. The van der Waals surface area contributed by atoms with Crippen LogP contribution in [0.25, 0.3) is 10.8 Å². The molecule has 3 rings (SSSR count). The molecular formula is C22H22N2O3. The highest BCUT2D eigenvalue weighted by atomic mass is 16.5. The molecule has 0 aromatic heterocycles. The van der Waals surface area contributed by atoms with E-state index in [0.29, 0.717) is 12.0 Å². The Kier molecular flexibility index (Phi) is 5.84. The van der Waals surface area contributed by atoms with Gasteiger partial charge in [-0.1, -0.05) is 72.8 Å². The summed E-state index contributed by atoms with van der Waals surface area (Å²) >= 11 is 0. The number of hydrogen-bond donors (Lipinski definition) is 2. The number of carbonyl (C=O) groups is 2. The average molecular weight is 362 g/mol. The van der Waals surface area contributed by atoms with Gasteiger partial charge in [-0.25, -0.2) is 0 Å². The maximum atomic E-state index is 12.7. The van der Waals surface area contributed by atoms with Crippen LogP contribution in [0, 0.1) is 0 Å². The molecule has 3 aromatic carbocycles. The Labute approximate surface area is 158 Å². The van der Waals surface area contributed by atoms with E-state index >= 15 is 0 Å². The first-order valence-corrected chi connectivity index (χ1v) is 8.74. The maximum absolute atomic E-state index is 12.7. The van der Waals surface area contributed by atoms with Crippen LogP contribution in [0.5, 0.6) is 0 Å². The van der Waals surface area contributed by atoms with Crippen molar-refractivity contribution in [3.63, 3.8) is 0 Å². The van der Waals surface area contributed by atoms with Gasteiger partial charge in [-0.15, -0.1) is 0 Å². The van der Waals surface area contributed by atoms with Crippen molar-refractivity contribution in [1.82, 2.24) is 5.32 Å². The number of amides is 2. The van der Waals surface area contributed by atoms with Gasteiger partial charge in [-0.2, -0.15) is 0 Å². The van der Waals surface area contributed by atoms with Crippen molar-refractivity contribution >= 4 is 22.6 Å². The highest BCUT2D eigenvalue weighted by Gasteiger charge is 2.25. The summed E-state index contributed by atoms with van der Waals surface area (Å²) in [5, 5.41) is 4.85. The van der Waals surface area contributed by atoms with Crippen molar-refractivity contribution in [2.45, 2.75) is 18.6 Å². The number of methoxy groups -OCH3 is 1. The van der Waals surface area contributed by atoms with Gasteiger partial charge >= 0.3 is 0 Å². The monoisotopic (exact) mass is 362 g/mol. The zero-order valence-electron chi connectivity index (χ0n) is 15.1. The minimum absolute atomic E-state index is 0.313. The molecule has 0 aliphatic carbocycles. The molecule has 27 heavy (non-hydrogen) atoms. The molecule has 5 heteroatoms. The van der Waals surface area contributed by atoms with E-state index in [9.17, 15) is 9.59 Å². The lowest BCUT2D eigenvalue weighted by atomic mass is 9.98. The lowest BCUT2D eigenvalue weighted by molar-refractivity contribution is -0.134. The Morgan fingerprint density at radius 3 is 2.33 bits per heavy atom. The lowest BCUT2D eigenvalue weighted by Gasteiger charge is -2.21. The van der Waals surface area contributed by atoms with Gasteiger partial charge in [-0.05, 0) is 21.9 Å². The minimum atomic E-state index is -0.829. The first-order valence-electron chi connectivity index (χ1n) is 8.74. The van der Waals surface area contributed by atoms with Crippen LogP contribution in [0.2, 0.25) is 0 Å². The molecular weight excluding hydrogens is 340 g/mol. The number of fused-ring (bicyclic) bond motifs is 1. The minimum Gasteiger partial charge on any atom is -0.368 e. The molecule has 0 spiro atoms. The van der Waals surface area contributed by atoms with Gasteiger partial charge in [0.1, 0.15) is 6.04 Å². The number of nitrogens with two attached hydrogens (primary N) is 1. The van der Waals surface area contributed by atoms with Crippen LogP contribution in [-0.2, 0) is 20.7 Å². The molecule has 0 aliphatic heterocycles. The number of primary amides is 1. The fourth-order valence-corrected chi connectivity index (χ4v) is 3.18. The van der Waals surface area contributed by atoms with E-state index in [1.165, 1.54) is 7.11 Å². The predicted molar refractivity (Wildman–Crippen MR) is 105 cm³/mol. The van der Waals surface area contributed by atoms with Gasteiger partial charge in [0, 0.05) is 13.5 Å². The fraction of sp³-hybridized carbons (Fsp3) is 0.182. The Morgan fingerprint density at radius 2 is 1.63 bits per heavy atom. The molecule has 0 aliphatic rings. The van der Waals surface area contributed by atoms with Crippen molar-refractivity contribution in [2.75, 3.05) is 7.11 Å². The highest BCUT2D eigenvalue weighted by Crippen LogP contribution is 2.21. The summed E-state index contributed by atoms with van der Waals surface area (Å²) < 4.78 is 5.34. The molecule has 5 nitrogen and oxygen atoms in total. The SMILES string of the molecule is CO[C@@H](C(=O)N[C@@H](Cc1cccc2ccccc12)C(N)=O)c1ccccc1. The van der Waals surface area contributed by atoms with Crippen LogP contribution < -0.4 is 11.1 Å². The Balaban J connectivity index is 1.81. The van der Waals surface area contributed by atoms with Crippen molar-refractivity contribution in [1.29, 1.82) is 0 Å². The molecule has 0 saturated heterocycles. The topological polar surface area (TPSA) is 81.4 Å². The molecule has 3 N–H and O–H groups in total. The summed E-state index contributed by atoms with van der Waals surface area (Å²) in [5.41, 5.74) is 7.23. The quantitative estimate of drug-likeness (QED) is 0.678. The highest BCUT2D eigenvalue weighted by molar-refractivity contribution is 5.91. The third-order valence-corrected chi connectivity index (χ3v) is 4.54. The van der Waals surface area contributed by atoms with Crippen LogP contribution in [0.15, 0.2) is 72.8 Å². The third kappa shape index (κ3) is 4.33. The van der Waals surface area contributed by atoms with Crippen molar-refractivity contribution < 1.29 is 14.3 Å². The van der Waals surface area contributed by atoms with E-state index in [1.807, 2.05) is 60.7 Å². The van der Waals surface area contributed by atoms with Gasteiger partial charge in [0.15, 0.2) is 6.10 Å². The van der Waals surface area contributed by atoms with Crippen LogP contribution in [-0.4, -0.2) is 25.0 Å². The molecule has 2 atom stereocenters. The second-order valence-electron chi connectivity index (χ2n) is 6.33. The largest absolute Gasteiger partial charge is 0.368 e. The van der Waals surface area contributed by atoms with Crippen molar-refractivity contribution in [2.24, 2.45) is 5.73 Å². The normalized spacial score (nSPS) is 13.1. The number of nitrogens with one attached hydrogen (secondary N) is 1. The first-order chi connectivity index (χ1) is 13.1. The van der Waals surface area contributed by atoms with E-state index in [4.69, 9.17) is 10.5 Å². The van der Waals surface area contributed by atoms with E-state index in [-0.39, 0.29) is 0 Å². The van der Waals surface area contributed by atoms with Crippen molar-refractivity contribution in [3.8, 4) is 0 Å². The van der Waals surface area contributed by atoms with E-state index in [1.54, 1.807) is 12.1 Å². The number of carbonyl (C=O) groups excluding carboxylic acids is 2. The van der Waals surface area contributed by atoms with E-state index < -0.39 is 24.0 Å². The smallest absolute Gasteiger partial charge is 0.254 e. The third-order valence-electron chi connectivity index (χ3n) is 4.54. The number of ether oxygens (including phenoxy) is 1. The van der Waals surface area contributed by atoms with Crippen molar-refractivity contribution in [3.05, 3.63) is 83.9 Å². The van der Waals surface area contributed by atoms with Crippen LogP contribution in [0.4, 0.5) is 0 Å². The lowest BCUT2D eigenvalue weighted by Crippen LogP contribution is -2.47. The Hall–Kier alpha value is -3.18. The molecule has 0 radical (unpaired) electrons. The molecule has 0 heterocycles. The molecule has 3 aromatic rings. The van der Waals surface area contributed by atoms with Gasteiger partial charge in [0.25, 0.3) is 5.91 Å². The first kappa shape index (κ1) is 18.6. The molecule has 0 saturated carbocycles. The molecule has 138 valence electrons. The van der Waals surface area contributed by atoms with Crippen LogP contribution in [0.1, 0.15) is 17.2 Å². The zero-order valence-corrected chi connectivity index (χ0v) is 15.1. The summed E-state index contributed by atoms with van der Waals surface area (Å²) in [6.45, 7) is 0. The Morgan fingerprint density at radius 1 is 0.963 bits per heavy atom. The van der Waals surface area contributed by atoms with Gasteiger partial charge in [0.05, 0.1) is 0 Å². The van der Waals surface area contributed by atoms with E-state index in [2.05, 4.69) is 5.32 Å². The second kappa shape index (κ2) is 8.47. The summed E-state index contributed by atoms with van der Waals surface area (Å²) in [6.07, 6.45) is -0.492. The zero-order chi connectivity index (χ0) is 19.2. The standard InChI is InChI=1S/C22H22N2O3/c1-27-20(16-9-3-2-4-10-16)22(26)24-19(21(23)25)14-17-12-7-11-15-8-5-6-13-18(15)17/h2-13,19-20H,14H2,1H3,(H2,23,25)(H,24,26)/t19-,20+/m0/s1. The molecule has 0 unspecified atom stereocenters. The predicted octanol–water partition coefficient (Wildman–Crippen LogP) is 2.74. The van der Waals surface area contributed by atoms with Gasteiger partial charge < -0.3 is 15.8 Å². The molecule has 0 bridgehead atoms. The number of rotatable bonds is 7. The van der Waals surface area contributed by atoms with Gasteiger partial charge in [0.2, 0.25) is 5.91 Å². The maximum Gasteiger partial charge on any atom is 0.254 e. The summed E-state index contributed by atoms with van der Waals surface area (Å²) in [7, 11) is 1.46. The second-order valence-corrected chi connectivity index (χ2v) is 6.33. The average Bonchev–Trinajstić information content (AvgIpc) is 2.69. The fourth-order valence-electron chi connectivity index (χ4n) is 3.18. The molecule has 0 fully saturated rings. The number of benzene rings is 3.